The van der Waals surface area contributed by atoms with Crippen molar-refractivity contribution in [1.29, 1.82) is 0 Å². The third-order valence-corrected chi connectivity index (χ3v) is 7.97. The van der Waals surface area contributed by atoms with Gasteiger partial charge in [-0.15, -0.1) is 11.3 Å². The van der Waals surface area contributed by atoms with Crippen molar-refractivity contribution in [3.63, 3.8) is 0 Å². The summed E-state index contributed by atoms with van der Waals surface area (Å²) in [4.78, 5) is 29.6. The van der Waals surface area contributed by atoms with Crippen LogP contribution in [0.25, 0.3) is 10.9 Å². The van der Waals surface area contributed by atoms with E-state index < -0.39 is 5.97 Å². The van der Waals surface area contributed by atoms with E-state index in [0.29, 0.717) is 39.0 Å². The lowest BCUT2D eigenvalue weighted by Gasteiger charge is -2.33. The van der Waals surface area contributed by atoms with Gasteiger partial charge in [0.05, 0.1) is 29.9 Å². The van der Waals surface area contributed by atoms with Gasteiger partial charge in [0.1, 0.15) is 0 Å². The third-order valence-electron chi connectivity index (χ3n) is 6.76. The van der Waals surface area contributed by atoms with Crippen molar-refractivity contribution in [2.24, 2.45) is 5.92 Å². The number of aliphatic carboxylic acids is 1. The van der Waals surface area contributed by atoms with Crippen LogP contribution in [0.5, 0.6) is 0 Å². The van der Waals surface area contributed by atoms with Gasteiger partial charge in [-0.2, -0.15) is 0 Å². The topological polar surface area (TPSA) is 65.8 Å². The highest BCUT2D eigenvalue weighted by atomic mass is 35.5. The highest BCUT2D eigenvalue weighted by molar-refractivity contribution is 7.16. The zero-order chi connectivity index (χ0) is 22.2. The number of para-hydroxylation sites is 1. The Balaban J connectivity index is 1.34. The van der Waals surface area contributed by atoms with Gasteiger partial charge in [-0.05, 0) is 56.1 Å². The van der Waals surface area contributed by atoms with Crippen LogP contribution in [0.2, 0.25) is 4.34 Å². The van der Waals surface area contributed by atoms with Crippen LogP contribution in [0.15, 0.2) is 36.4 Å². The molecule has 4 heterocycles. The van der Waals surface area contributed by atoms with E-state index in [1.54, 1.807) is 11.3 Å². The highest BCUT2D eigenvalue weighted by Crippen LogP contribution is 2.33. The van der Waals surface area contributed by atoms with Crippen LogP contribution in [0.4, 0.5) is 0 Å². The number of benzene rings is 1. The molecule has 0 saturated carbocycles. The summed E-state index contributed by atoms with van der Waals surface area (Å²) in [6.45, 7) is 3.77. The standard InChI is InChI=1S/C24H26ClN3O3S/c25-22-6-5-17(32-22)13-28-20-4-2-1-3-18(20)19-9-12-27(14-21(19)28)23(29)15-26-10-7-16(8-11-26)24(30)31/h1-6,16H,7-15H2,(H,30,31). The lowest BCUT2D eigenvalue weighted by atomic mass is 9.97. The summed E-state index contributed by atoms with van der Waals surface area (Å²) in [7, 11) is 0. The molecule has 1 saturated heterocycles. The Morgan fingerprint density at radius 3 is 2.59 bits per heavy atom. The number of fused-ring (bicyclic) bond motifs is 3. The number of halogens is 1. The van der Waals surface area contributed by atoms with E-state index in [4.69, 9.17) is 11.6 Å². The highest BCUT2D eigenvalue weighted by Gasteiger charge is 2.30. The first-order valence-corrected chi connectivity index (χ1v) is 12.2. The van der Waals surface area contributed by atoms with Crippen molar-refractivity contribution in [3.8, 4) is 0 Å². The van der Waals surface area contributed by atoms with Crippen LogP contribution in [-0.2, 0) is 29.1 Å². The molecular weight excluding hydrogens is 446 g/mol. The fraction of sp³-hybridized carbons (Fsp3) is 0.417. The van der Waals surface area contributed by atoms with Gasteiger partial charge in [0.15, 0.2) is 0 Å². The molecule has 2 aromatic heterocycles. The number of likely N-dealkylation sites (tertiary alicyclic amines) is 1. The molecule has 0 aliphatic carbocycles. The van der Waals surface area contributed by atoms with Crippen molar-refractivity contribution >= 4 is 45.7 Å². The number of carbonyl (C=O) groups is 2. The first kappa shape index (κ1) is 21.5. The van der Waals surface area contributed by atoms with Crippen LogP contribution in [0.1, 0.15) is 29.0 Å². The average molecular weight is 472 g/mol. The predicted octanol–water partition coefficient (Wildman–Crippen LogP) is 4.09. The molecule has 32 heavy (non-hydrogen) atoms. The molecule has 8 heteroatoms. The van der Waals surface area contributed by atoms with Gasteiger partial charge >= 0.3 is 5.97 Å². The monoisotopic (exact) mass is 471 g/mol. The fourth-order valence-electron chi connectivity index (χ4n) is 5.01. The second-order valence-electron chi connectivity index (χ2n) is 8.69. The molecule has 0 atom stereocenters. The number of rotatable bonds is 5. The van der Waals surface area contributed by atoms with Crippen molar-refractivity contribution < 1.29 is 14.7 Å². The maximum absolute atomic E-state index is 13.1. The number of thiophene rings is 1. The van der Waals surface area contributed by atoms with E-state index >= 15 is 0 Å². The number of aromatic nitrogens is 1. The van der Waals surface area contributed by atoms with Crippen molar-refractivity contribution in [2.75, 3.05) is 26.2 Å². The molecule has 1 amide bonds. The average Bonchev–Trinajstić information content (AvgIpc) is 3.35. The summed E-state index contributed by atoms with van der Waals surface area (Å²) < 4.78 is 3.12. The SMILES string of the molecule is O=C(O)C1CCN(CC(=O)N2CCc3c(n(Cc4ccc(Cl)s4)c4ccccc34)C2)CC1. The Bertz CT molecular complexity index is 1160. The minimum atomic E-state index is -0.723. The van der Waals surface area contributed by atoms with Gasteiger partial charge in [-0.3, -0.25) is 14.5 Å². The maximum Gasteiger partial charge on any atom is 0.306 e. The number of hydrogen-bond acceptors (Lipinski definition) is 4. The lowest BCUT2D eigenvalue weighted by molar-refractivity contribution is -0.143. The van der Waals surface area contributed by atoms with Crippen molar-refractivity contribution in [2.45, 2.75) is 32.4 Å². The van der Waals surface area contributed by atoms with E-state index in [1.807, 2.05) is 11.0 Å². The molecule has 1 N–H and O–H groups in total. The first-order chi connectivity index (χ1) is 15.5. The molecule has 1 aromatic carbocycles. The van der Waals surface area contributed by atoms with Crippen LogP contribution in [0, 0.1) is 5.92 Å². The Kier molecular flexibility index (Phi) is 5.97. The zero-order valence-corrected chi connectivity index (χ0v) is 19.4. The summed E-state index contributed by atoms with van der Waals surface area (Å²) in [5, 5.41) is 10.5. The molecule has 0 radical (unpaired) electrons. The molecule has 0 bridgehead atoms. The number of carboxylic acid groups (broad SMARTS) is 1. The number of hydrogen-bond donors (Lipinski definition) is 1. The summed E-state index contributed by atoms with van der Waals surface area (Å²) in [5.41, 5.74) is 3.75. The van der Waals surface area contributed by atoms with Crippen LogP contribution in [0.3, 0.4) is 0 Å². The van der Waals surface area contributed by atoms with Gasteiger partial charge in [-0.1, -0.05) is 29.8 Å². The van der Waals surface area contributed by atoms with E-state index in [1.165, 1.54) is 27.0 Å². The van der Waals surface area contributed by atoms with Crippen LogP contribution >= 0.6 is 22.9 Å². The summed E-state index contributed by atoms with van der Waals surface area (Å²) >= 11 is 7.76. The molecule has 0 unspecified atom stereocenters. The van der Waals surface area contributed by atoms with E-state index in [9.17, 15) is 14.7 Å². The van der Waals surface area contributed by atoms with Gasteiger partial charge in [0, 0.05) is 28.0 Å². The summed E-state index contributed by atoms with van der Waals surface area (Å²) in [5.74, 6) is -0.875. The van der Waals surface area contributed by atoms with E-state index in [2.05, 4.69) is 39.8 Å². The van der Waals surface area contributed by atoms with Gasteiger partial charge < -0.3 is 14.6 Å². The quantitative estimate of drug-likeness (QED) is 0.608. The smallest absolute Gasteiger partial charge is 0.306 e. The van der Waals surface area contributed by atoms with Crippen LogP contribution < -0.4 is 0 Å². The maximum atomic E-state index is 13.1. The normalized spacial score (nSPS) is 17.6. The number of carboxylic acids is 1. The van der Waals surface area contributed by atoms with Gasteiger partial charge in [-0.25, -0.2) is 0 Å². The molecular formula is C24H26ClN3O3S. The molecule has 0 spiro atoms. The second-order valence-corrected chi connectivity index (χ2v) is 10.5. The third kappa shape index (κ3) is 4.17. The molecule has 3 aromatic rings. The number of piperidine rings is 1. The summed E-state index contributed by atoms with van der Waals surface area (Å²) in [6.07, 6.45) is 2.08. The molecule has 6 nitrogen and oxygen atoms in total. The molecule has 2 aliphatic rings. The first-order valence-electron chi connectivity index (χ1n) is 11.1. The number of carbonyl (C=O) groups excluding carboxylic acids is 1. The Morgan fingerprint density at radius 2 is 1.88 bits per heavy atom. The minimum Gasteiger partial charge on any atom is -0.481 e. The molecule has 5 rings (SSSR count). The Hall–Kier alpha value is -2.35. The summed E-state index contributed by atoms with van der Waals surface area (Å²) in [6, 6.07) is 12.5. The molecule has 168 valence electrons. The van der Waals surface area contributed by atoms with Gasteiger partial charge in [0.25, 0.3) is 0 Å². The lowest BCUT2D eigenvalue weighted by Crippen LogP contribution is -2.45. The molecule has 1 fully saturated rings. The zero-order valence-electron chi connectivity index (χ0n) is 17.8. The molecule has 2 aliphatic heterocycles. The van der Waals surface area contributed by atoms with E-state index in [0.717, 1.165) is 23.8 Å². The van der Waals surface area contributed by atoms with E-state index in [-0.39, 0.29) is 11.8 Å². The Labute approximate surface area is 196 Å². The van der Waals surface area contributed by atoms with Gasteiger partial charge in [0.2, 0.25) is 5.91 Å². The van der Waals surface area contributed by atoms with Crippen molar-refractivity contribution in [1.82, 2.24) is 14.4 Å². The predicted molar refractivity (Wildman–Crippen MR) is 126 cm³/mol. The number of nitrogens with zero attached hydrogens (tertiary/aromatic N) is 3. The largest absolute Gasteiger partial charge is 0.481 e. The van der Waals surface area contributed by atoms with Crippen LogP contribution in [-0.4, -0.2) is 57.5 Å². The minimum absolute atomic E-state index is 0.125. The second kappa shape index (κ2) is 8.89. The number of amides is 1. The van der Waals surface area contributed by atoms with Crippen molar-refractivity contribution in [3.05, 3.63) is 56.9 Å². The fourth-order valence-corrected chi connectivity index (χ4v) is 6.09. The Morgan fingerprint density at radius 1 is 1.09 bits per heavy atom.